The molecular formula is C11H20N2O2. The van der Waals surface area contributed by atoms with Crippen molar-refractivity contribution in [2.75, 3.05) is 7.11 Å². The van der Waals surface area contributed by atoms with E-state index in [0.717, 1.165) is 18.5 Å². The second kappa shape index (κ2) is 4.77. The van der Waals surface area contributed by atoms with Gasteiger partial charge in [-0.2, -0.15) is 5.10 Å². The number of hydrogen-bond acceptors (Lipinski definition) is 3. The van der Waals surface area contributed by atoms with Crippen LogP contribution in [-0.4, -0.2) is 27.6 Å². The van der Waals surface area contributed by atoms with E-state index in [1.165, 1.54) is 0 Å². The van der Waals surface area contributed by atoms with Gasteiger partial charge < -0.3 is 9.84 Å². The zero-order valence-electron chi connectivity index (χ0n) is 9.90. The number of hydrogen-bond donors (Lipinski definition) is 1. The maximum absolute atomic E-state index is 10.3. The molecule has 1 aromatic rings. The Kier molecular flexibility index (Phi) is 3.88. The molecule has 15 heavy (non-hydrogen) atoms. The number of rotatable bonds is 5. The normalized spacial score (nSPS) is 14.2. The molecule has 0 bridgehead atoms. The monoisotopic (exact) mass is 212 g/mol. The van der Waals surface area contributed by atoms with E-state index in [-0.39, 0.29) is 0 Å². The molecule has 1 unspecified atom stereocenters. The van der Waals surface area contributed by atoms with Crippen LogP contribution in [0.3, 0.4) is 0 Å². The van der Waals surface area contributed by atoms with E-state index >= 15 is 0 Å². The van der Waals surface area contributed by atoms with Crippen molar-refractivity contribution >= 4 is 0 Å². The Morgan fingerprint density at radius 3 is 2.47 bits per heavy atom. The molecular weight excluding hydrogens is 192 g/mol. The van der Waals surface area contributed by atoms with Crippen LogP contribution in [0.4, 0.5) is 0 Å². The Labute approximate surface area is 90.9 Å². The van der Waals surface area contributed by atoms with Crippen molar-refractivity contribution in [1.29, 1.82) is 0 Å². The molecule has 0 fully saturated rings. The minimum atomic E-state index is -0.634. The van der Waals surface area contributed by atoms with Crippen LogP contribution in [0, 0.1) is 0 Å². The highest BCUT2D eigenvalue weighted by molar-refractivity contribution is 5.09. The van der Waals surface area contributed by atoms with Crippen LogP contribution in [0.5, 0.6) is 0 Å². The third-order valence-corrected chi connectivity index (χ3v) is 3.24. The Hall–Kier alpha value is -0.870. The lowest BCUT2D eigenvalue weighted by Crippen LogP contribution is -2.38. The highest BCUT2D eigenvalue weighted by Crippen LogP contribution is 2.34. The predicted octanol–water partition coefficient (Wildman–Crippen LogP) is 1.66. The third-order valence-electron chi connectivity index (χ3n) is 3.24. The molecule has 4 nitrogen and oxygen atoms in total. The summed E-state index contributed by atoms with van der Waals surface area (Å²) in [4.78, 5) is 0. The van der Waals surface area contributed by atoms with Crippen LogP contribution in [0.1, 0.15) is 38.5 Å². The number of aryl methyl sites for hydroxylation is 1. The highest BCUT2D eigenvalue weighted by Gasteiger charge is 2.37. The standard InChI is InChI=1S/C11H20N2O2/c1-5-11(6-2,15-4)10(14)9-7-8-12-13(9)3/h7-8,10,14H,5-6H2,1-4H3. The summed E-state index contributed by atoms with van der Waals surface area (Å²) in [6.07, 6.45) is 2.59. The summed E-state index contributed by atoms with van der Waals surface area (Å²) in [6.45, 7) is 4.04. The molecule has 1 atom stereocenters. The molecule has 0 aliphatic rings. The van der Waals surface area contributed by atoms with E-state index in [1.807, 2.05) is 27.0 Å². The first-order valence-electron chi connectivity index (χ1n) is 5.32. The van der Waals surface area contributed by atoms with Gasteiger partial charge in [0.1, 0.15) is 6.10 Å². The van der Waals surface area contributed by atoms with Crippen LogP contribution in [0.2, 0.25) is 0 Å². The third kappa shape index (κ3) is 2.06. The van der Waals surface area contributed by atoms with Gasteiger partial charge in [0.2, 0.25) is 0 Å². The molecule has 0 aromatic carbocycles. The van der Waals surface area contributed by atoms with Gasteiger partial charge >= 0.3 is 0 Å². The fourth-order valence-electron chi connectivity index (χ4n) is 1.96. The average Bonchev–Trinajstić information content (AvgIpc) is 2.67. The van der Waals surface area contributed by atoms with E-state index in [1.54, 1.807) is 18.0 Å². The van der Waals surface area contributed by atoms with Crippen LogP contribution in [-0.2, 0) is 11.8 Å². The molecule has 0 spiro atoms. The lowest BCUT2D eigenvalue weighted by molar-refractivity contribution is -0.112. The SMILES string of the molecule is CCC(CC)(OC)C(O)c1ccnn1C. The number of methoxy groups -OCH3 is 1. The topological polar surface area (TPSA) is 47.3 Å². The summed E-state index contributed by atoms with van der Waals surface area (Å²) >= 11 is 0. The molecule has 4 heteroatoms. The molecule has 0 amide bonds. The molecule has 1 aromatic heterocycles. The van der Waals surface area contributed by atoms with Gasteiger partial charge in [0.15, 0.2) is 0 Å². The van der Waals surface area contributed by atoms with E-state index in [2.05, 4.69) is 5.10 Å². The lowest BCUT2D eigenvalue weighted by atomic mass is 9.88. The van der Waals surface area contributed by atoms with E-state index in [0.29, 0.717) is 0 Å². The van der Waals surface area contributed by atoms with Crippen molar-refractivity contribution < 1.29 is 9.84 Å². The first-order chi connectivity index (χ1) is 7.11. The zero-order valence-corrected chi connectivity index (χ0v) is 9.90. The summed E-state index contributed by atoms with van der Waals surface area (Å²) in [5.74, 6) is 0. The minimum Gasteiger partial charge on any atom is -0.384 e. The van der Waals surface area contributed by atoms with Crippen molar-refractivity contribution in [3.8, 4) is 0 Å². The van der Waals surface area contributed by atoms with Gasteiger partial charge in [0.05, 0.1) is 11.3 Å². The summed E-state index contributed by atoms with van der Waals surface area (Å²) in [6, 6.07) is 1.82. The second-order valence-electron chi connectivity index (χ2n) is 3.76. The molecule has 0 saturated heterocycles. The largest absolute Gasteiger partial charge is 0.384 e. The second-order valence-corrected chi connectivity index (χ2v) is 3.76. The Morgan fingerprint density at radius 2 is 2.13 bits per heavy atom. The maximum Gasteiger partial charge on any atom is 0.124 e. The van der Waals surface area contributed by atoms with Gasteiger partial charge in [0.25, 0.3) is 0 Å². The molecule has 0 aliphatic heterocycles. The van der Waals surface area contributed by atoms with Gasteiger partial charge in [-0.15, -0.1) is 0 Å². The number of aliphatic hydroxyl groups excluding tert-OH is 1. The molecule has 0 saturated carbocycles. The molecule has 0 aliphatic carbocycles. The van der Waals surface area contributed by atoms with E-state index < -0.39 is 11.7 Å². The van der Waals surface area contributed by atoms with Crippen LogP contribution >= 0.6 is 0 Å². The van der Waals surface area contributed by atoms with Crippen LogP contribution < -0.4 is 0 Å². The fraction of sp³-hybridized carbons (Fsp3) is 0.727. The molecule has 86 valence electrons. The number of aromatic nitrogens is 2. The number of aliphatic hydroxyl groups is 1. The average molecular weight is 212 g/mol. The zero-order chi connectivity index (χ0) is 11.5. The molecule has 0 radical (unpaired) electrons. The van der Waals surface area contributed by atoms with Crippen molar-refractivity contribution in [3.05, 3.63) is 18.0 Å². The molecule has 1 heterocycles. The Morgan fingerprint density at radius 1 is 1.53 bits per heavy atom. The quantitative estimate of drug-likeness (QED) is 0.807. The van der Waals surface area contributed by atoms with Crippen molar-refractivity contribution in [3.63, 3.8) is 0 Å². The first kappa shape index (κ1) is 12.2. The van der Waals surface area contributed by atoms with Crippen LogP contribution in [0.15, 0.2) is 12.3 Å². The van der Waals surface area contributed by atoms with Gasteiger partial charge in [0, 0.05) is 20.4 Å². The van der Waals surface area contributed by atoms with E-state index in [9.17, 15) is 5.11 Å². The smallest absolute Gasteiger partial charge is 0.124 e. The highest BCUT2D eigenvalue weighted by atomic mass is 16.5. The summed E-state index contributed by atoms with van der Waals surface area (Å²) in [5.41, 5.74) is 0.286. The van der Waals surface area contributed by atoms with Gasteiger partial charge in [-0.25, -0.2) is 0 Å². The minimum absolute atomic E-state index is 0.506. The summed E-state index contributed by atoms with van der Waals surface area (Å²) in [7, 11) is 3.47. The van der Waals surface area contributed by atoms with E-state index in [4.69, 9.17) is 4.74 Å². The first-order valence-corrected chi connectivity index (χ1v) is 5.32. The van der Waals surface area contributed by atoms with Crippen molar-refractivity contribution in [2.24, 2.45) is 7.05 Å². The summed E-state index contributed by atoms with van der Waals surface area (Å²) < 4.78 is 7.17. The Balaban J connectivity index is 3.00. The predicted molar refractivity (Wildman–Crippen MR) is 58.5 cm³/mol. The van der Waals surface area contributed by atoms with Crippen molar-refractivity contribution in [1.82, 2.24) is 9.78 Å². The molecule has 1 rings (SSSR count). The fourth-order valence-corrected chi connectivity index (χ4v) is 1.96. The van der Waals surface area contributed by atoms with Crippen molar-refractivity contribution in [2.45, 2.75) is 38.4 Å². The van der Waals surface area contributed by atoms with Crippen LogP contribution in [0.25, 0.3) is 0 Å². The van der Waals surface area contributed by atoms with Gasteiger partial charge in [-0.3, -0.25) is 4.68 Å². The summed E-state index contributed by atoms with van der Waals surface area (Å²) in [5, 5.41) is 14.4. The Bertz CT molecular complexity index is 297. The lowest BCUT2D eigenvalue weighted by Gasteiger charge is -2.35. The van der Waals surface area contributed by atoms with Gasteiger partial charge in [-0.05, 0) is 18.9 Å². The maximum atomic E-state index is 10.3. The molecule has 1 N–H and O–H groups in total. The number of nitrogens with zero attached hydrogens (tertiary/aromatic N) is 2. The number of ether oxygens (including phenoxy) is 1. The van der Waals surface area contributed by atoms with Gasteiger partial charge in [-0.1, -0.05) is 13.8 Å².